The van der Waals surface area contributed by atoms with Crippen molar-refractivity contribution in [3.8, 4) is 5.75 Å². The molecule has 100 valence electrons. The van der Waals surface area contributed by atoms with Crippen molar-refractivity contribution >= 4 is 5.78 Å². The van der Waals surface area contributed by atoms with Crippen LogP contribution in [0.4, 0.5) is 0 Å². The summed E-state index contributed by atoms with van der Waals surface area (Å²) >= 11 is 0. The molecule has 1 aliphatic rings. The Balaban J connectivity index is 2.13. The van der Waals surface area contributed by atoms with Crippen LogP contribution in [-0.4, -0.2) is 12.4 Å². The van der Waals surface area contributed by atoms with E-state index < -0.39 is 0 Å². The molecule has 0 saturated heterocycles. The number of carbonyl (C=O) groups is 1. The Hall–Kier alpha value is -2.35. The smallest absolute Gasteiger partial charge is 0.197 e. The summed E-state index contributed by atoms with van der Waals surface area (Å²) in [7, 11) is 0. The fraction of sp³-hybridized carbons (Fsp3) is 0.167. The second-order valence-electron chi connectivity index (χ2n) is 4.88. The summed E-state index contributed by atoms with van der Waals surface area (Å²) in [6.45, 7) is 4.06. The zero-order valence-corrected chi connectivity index (χ0v) is 11.3. The number of ether oxygens (including phenoxy) is 1. The monoisotopic (exact) mass is 264 g/mol. The van der Waals surface area contributed by atoms with Gasteiger partial charge in [0.25, 0.3) is 0 Å². The third-order valence-electron chi connectivity index (χ3n) is 3.62. The third kappa shape index (κ3) is 2.14. The maximum atomic E-state index is 12.8. The molecular weight excluding hydrogens is 248 g/mol. The van der Waals surface area contributed by atoms with Gasteiger partial charge in [0.1, 0.15) is 12.4 Å². The van der Waals surface area contributed by atoms with E-state index in [0.717, 1.165) is 29.5 Å². The van der Waals surface area contributed by atoms with E-state index in [2.05, 4.69) is 6.58 Å². The molecule has 2 nitrogen and oxygen atoms in total. The highest BCUT2D eigenvalue weighted by molar-refractivity contribution is 6.13. The summed E-state index contributed by atoms with van der Waals surface area (Å²) in [5.74, 6) is 0.719. The Bertz CT molecular complexity index is 671. The van der Waals surface area contributed by atoms with E-state index in [1.54, 1.807) is 6.08 Å². The summed E-state index contributed by atoms with van der Waals surface area (Å²) in [5.41, 5.74) is 3.68. The molecule has 1 aliphatic carbocycles. The molecule has 0 radical (unpaired) electrons. The van der Waals surface area contributed by atoms with Crippen LogP contribution in [0.5, 0.6) is 5.75 Å². The molecule has 0 fully saturated rings. The van der Waals surface area contributed by atoms with Crippen molar-refractivity contribution < 1.29 is 9.53 Å². The maximum absolute atomic E-state index is 12.8. The predicted molar refractivity (Wildman–Crippen MR) is 79.4 cm³/mol. The molecule has 0 spiro atoms. The molecule has 0 bridgehead atoms. The first kappa shape index (κ1) is 12.7. The molecule has 0 unspecified atom stereocenters. The molecule has 0 aliphatic heterocycles. The molecule has 2 heteroatoms. The second-order valence-corrected chi connectivity index (χ2v) is 4.88. The van der Waals surface area contributed by atoms with E-state index in [9.17, 15) is 4.79 Å². The number of hydrogen-bond acceptors (Lipinski definition) is 2. The Kier molecular flexibility index (Phi) is 3.38. The van der Waals surface area contributed by atoms with Crippen LogP contribution in [-0.2, 0) is 12.8 Å². The fourth-order valence-electron chi connectivity index (χ4n) is 2.68. The van der Waals surface area contributed by atoms with Crippen LogP contribution >= 0.6 is 0 Å². The highest BCUT2D eigenvalue weighted by atomic mass is 16.5. The lowest BCUT2D eigenvalue weighted by atomic mass is 9.98. The Morgan fingerprint density at radius 2 is 1.80 bits per heavy atom. The number of aryl methyl sites for hydroxylation is 2. The molecule has 2 aromatic carbocycles. The number of ketones is 1. The zero-order valence-electron chi connectivity index (χ0n) is 11.3. The van der Waals surface area contributed by atoms with Crippen LogP contribution in [0.3, 0.4) is 0 Å². The van der Waals surface area contributed by atoms with Gasteiger partial charge >= 0.3 is 0 Å². The number of rotatable bonds is 3. The van der Waals surface area contributed by atoms with Crippen LogP contribution in [0.2, 0.25) is 0 Å². The van der Waals surface area contributed by atoms with Gasteiger partial charge < -0.3 is 4.74 Å². The first-order chi connectivity index (χ1) is 9.81. The second kappa shape index (κ2) is 5.33. The van der Waals surface area contributed by atoms with Gasteiger partial charge in [-0.05, 0) is 30.0 Å². The zero-order chi connectivity index (χ0) is 13.9. The average Bonchev–Trinajstić information content (AvgIpc) is 2.64. The van der Waals surface area contributed by atoms with Crippen molar-refractivity contribution in [1.29, 1.82) is 0 Å². The lowest BCUT2D eigenvalue weighted by molar-refractivity contribution is 0.103. The van der Waals surface area contributed by atoms with E-state index in [4.69, 9.17) is 4.74 Å². The van der Waals surface area contributed by atoms with Crippen LogP contribution in [0.1, 0.15) is 27.0 Å². The van der Waals surface area contributed by atoms with Crippen LogP contribution in [0.25, 0.3) is 0 Å². The minimum absolute atomic E-state index is 0.0627. The molecule has 0 atom stereocenters. The molecule has 0 amide bonds. The van der Waals surface area contributed by atoms with E-state index in [1.165, 1.54) is 0 Å². The average molecular weight is 264 g/mol. The highest BCUT2D eigenvalue weighted by Gasteiger charge is 2.24. The van der Waals surface area contributed by atoms with Gasteiger partial charge in [-0.15, -0.1) is 0 Å². The molecule has 0 saturated carbocycles. The van der Waals surface area contributed by atoms with Gasteiger partial charge in [-0.3, -0.25) is 4.79 Å². The van der Waals surface area contributed by atoms with Crippen LogP contribution < -0.4 is 4.74 Å². The quantitative estimate of drug-likeness (QED) is 0.792. The maximum Gasteiger partial charge on any atom is 0.197 e. The van der Waals surface area contributed by atoms with Gasteiger partial charge in [-0.2, -0.15) is 0 Å². The molecule has 20 heavy (non-hydrogen) atoms. The molecular formula is C18H16O2. The van der Waals surface area contributed by atoms with Crippen molar-refractivity contribution in [2.75, 3.05) is 6.61 Å². The fourth-order valence-corrected chi connectivity index (χ4v) is 2.68. The Labute approximate surface area is 118 Å². The third-order valence-corrected chi connectivity index (χ3v) is 3.62. The lowest BCUT2D eigenvalue weighted by Gasteiger charge is -2.12. The lowest BCUT2D eigenvalue weighted by Crippen LogP contribution is -2.08. The van der Waals surface area contributed by atoms with Crippen molar-refractivity contribution in [2.45, 2.75) is 12.8 Å². The Morgan fingerprint density at radius 1 is 1.05 bits per heavy atom. The van der Waals surface area contributed by atoms with E-state index in [1.807, 2.05) is 42.5 Å². The van der Waals surface area contributed by atoms with E-state index >= 15 is 0 Å². The predicted octanol–water partition coefficient (Wildman–Crippen LogP) is 3.58. The summed E-state index contributed by atoms with van der Waals surface area (Å²) in [6, 6.07) is 13.6. The van der Waals surface area contributed by atoms with Gasteiger partial charge in [0.15, 0.2) is 5.78 Å². The van der Waals surface area contributed by atoms with Gasteiger partial charge in [0.2, 0.25) is 0 Å². The van der Waals surface area contributed by atoms with Gasteiger partial charge in [-0.1, -0.05) is 49.1 Å². The normalized spacial score (nSPS) is 13.1. The number of hydrogen-bond donors (Lipinski definition) is 0. The minimum Gasteiger partial charge on any atom is -0.489 e. The number of benzene rings is 2. The van der Waals surface area contributed by atoms with Gasteiger partial charge in [-0.25, -0.2) is 0 Å². The first-order valence-electron chi connectivity index (χ1n) is 6.79. The first-order valence-corrected chi connectivity index (χ1v) is 6.79. The minimum atomic E-state index is 0.0627. The molecule has 0 N–H and O–H groups in total. The van der Waals surface area contributed by atoms with Gasteiger partial charge in [0, 0.05) is 5.56 Å². The summed E-state index contributed by atoms with van der Waals surface area (Å²) < 4.78 is 5.66. The van der Waals surface area contributed by atoms with Crippen LogP contribution in [0.15, 0.2) is 55.1 Å². The van der Waals surface area contributed by atoms with Gasteiger partial charge in [0.05, 0.1) is 5.56 Å². The summed E-state index contributed by atoms with van der Waals surface area (Å²) in [4.78, 5) is 12.8. The van der Waals surface area contributed by atoms with E-state index in [-0.39, 0.29) is 5.78 Å². The van der Waals surface area contributed by atoms with Crippen molar-refractivity contribution in [1.82, 2.24) is 0 Å². The summed E-state index contributed by atoms with van der Waals surface area (Å²) in [6.07, 6.45) is 3.44. The van der Waals surface area contributed by atoms with Crippen molar-refractivity contribution in [3.63, 3.8) is 0 Å². The summed E-state index contributed by atoms with van der Waals surface area (Å²) in [5, 5.41) is 0. The molecule has 0 heterocycles. The number of carbonyl (C=O) groups excluding carboxylic acids is 1. The van der Waals surface area contributed by atoms with Crippen molar-refractivity contribution in [2.24, 2.45) is 0 Å². The topological polar surface area (TPSA) is 26.3 Å². The molecule has 3 rings (SSSR count). The van der Waals surface area contributed by atoms with E-state index in [0.29, 0.717) is 17.9 Å². The van der Waals surface area contributed by atoms with Crippen molar-refractivity contribution in [3.05, 3.63) is 77.4 Å². The van der Waals surface area contributed by atoms with Crippen LogP contribution in [0, 0.1) is 0 Å². The largest absolute Gasteiger partial charge is 0.489 e. The SMILES string of the molecule is C=CCOc1cccc2c1C(=O)c1ccccc1CC2. The Morgan fingerprint density at radius 3 is 2.65 bits per heavy atom. The number of fused-ring (bicyclic) bond motifs is 2. The molecule has 0 aromatic heterocycles. The highest BCUT2D eigenvalue weighted by Crippen LogP contribution is 2.30. The standard InChI is InChI=1S/C18H16O2/c1-2-12-20-16-9-5-7-14-11-10-13-6-3-4-8-15(13)18(19)17(14)16/h2-9H,1,10-12H2. The molecule has 2 aromatic rings.